The molecule has 0 radical (unpaired) electrons. The molecule has 114 valence electrons. The fraction of sp³-hybridized carbons (Fsp3) is 0.733. The van der Waals surface area contributed by atoms with Crippen LogP contribution in [-0.4, -0.2) is 32.2 Å². The van der Waals surface area contributed by atoms with E-state index in [9.17, 15) is 9.59 Å². The predicted octanol–water partition coefficient (Wildman–Crippen LogP) is 2.52. The molecular weight excluding hydrogens is 256 g/mol. The number of urea groups is 1. The largest absolute Gasteiger partial charge is 0.469 e. The van der Waals surface area contributed by atoms with Crippen LogP contribution in [0.15, 0.2) is 11.6 Å². The molecular formula is C15H26N2O3. The molecule has 5 heteroatoms. The lowest BCUT2D eigenvalue weighted by molar-refractivity contribution is -0.140. The van der Waals surface area contributed by atoms with Crippen LogP contribution in [0.1, 0.15) is 51.4 Å². The summed E-state index contributed by atoms with van der Waals surface area (Å²) in [5.74, 6) is -0.199. The van der Waals surface area contributed by atoms with Crippen LogP contribution in [0.5, 0.6) is 0 Å². The van der Waals surface area contributed by atoms with E-state index in [1.165, 1.54) is 38.4 Å². The smallest absolute Gasteiger partial charge is 0.314 e. The van der Waals surface area contributed by atoms with E-state index < -0.39 is 0 Å². The molecule has 0 aromatic rings. The molecule has 0 saturated carbocycles. The van der Waals surface area contributed by atoms with Gasteiger partial charge in [-0.15, -0.1) is 0 Å². The van der Waals surface area contributed by atoms with Crippen molar-refractivity contribution in [2.24, 2.45) is 0 Å². The molecule has 2 amide bonds. The zero-order chi connectivity index (χ0) is 14.6. The van der Waals surface area contributed by atoms with Gasteiger partial charge in [0.2, 0.25) is 0 Å². The lowest BCUT2D eigenvalue weighted by atomic mass is 9.97. The van der Waals surface area contributed by atoms with Gasteiger partial charge in [-0.25, -0.2) is 4.79 Å². The second kappa shape index (κ2) is 10.3. The summed E-state index contributed by atoms with van der Waals surface area (Å²) < 4.78 is 4.54. The Morgan fingerprint density at radius 2 is 2.00 bits per heavy atom. The Morgan fingerprint density at radius 3 is 2.70 bits per heavy atom. The van der Waals surface area contributed by atoms with Crippen LogP contribution in [0.2, 0.25) is 0 Å². The fourth-order valence-corrected chi connectivity index (χ4v) is 2.23. The number of hydrogen-bond donors (Lipinski definition) is 2. The van der Waals surface area contributed by atoms with E-state index in [4.69, 9.17) is 0 Å². The highest BCUT2D eigenvalue weighted by atomic mass is 16.5. The van der Waals surface area contributed by atoms with Crippen LogP contribution in [0.4, 0.5) is 4.79 Å². The summed E-state index contributed by atoms with van der Waals surface area (Å²) in [7, 11) is 1.38. The van der Waals surface area contributed by atoms with Crippen molar-refractivity contribution in [3.05, 3.63) is 11.6 Å². The standard InChI is InChI=1S/C15H26N2O3/c1-20-14(18)9-5-6-11-16-15(19)17-12-10-13-7-3-2-4-8-13/h7H,2-6,8-12H2,1H3,(H2,16,17,19). The molecule has 0 aromatic heterocycles. The van der Waals surface area contributed by atoms with E-state index in [2.05, 4.69) is 21.4 Å². The van der Waals surface area contributed by atoms with Gasteiger partial charge < -0.3 is 15.4 Å². The van der Waals surface area contributed by atoms with Crippen LogP contribution in [0.25, 0.3) is 0 Å². The molecule has 0 bridgehead atoms. The number of carbonyl (C=O) groups excluding carboxylic acids is 2. The number of nitrogens with one attached hydrogen (secondary N) is 2. The second-order valence-corrected chi connectivity index (χ2v) is 5.07. The van der Waals surface area contributed by atoms with Gasteiger partial charge in [-0.05, 0) is 44.9 Å². The SMILES string of the molecule is COC(=O)CCCCNC(=O)NCCC1=CCCCC1. The predicted molar refractivity (Wildman–Crippen MR) is 78.4 cm³/mol. The van der Waals surface area contributed by atoms with Crippen molar-refractivity contribution in [3.8, 4) is 0 Å². The first kappa shape index (κ1) is 16.5. The first-order chi connectivity index (χ1) is 9.72. The highest BCUT2D eigenvalue weighted by Crippen LogP contribution is 2.19. The van der Waals surface area contributed by atoms with Crippen molar-refractivity contribution in [1.29, 1.82) is 0 Å². The maximum atomic E-state index is 11.5. The fourth-order valence-electron chi connectivity index (χ4n) is 2.23. The monoisotopic (exact) mass is 282 g/mol. The summed E-state index contributed by atoms with van der Waals surface area (Å²) in [4.78, 5) is 22.4. The molecule has 0 aromatic carbocycles. The summed E-state index contributed by atoms with van der Waals surface area (Å²) in [6.45, 7) is 1.28. The third-order valence-electron chi connectivity index (χ3n) is 3.44. The quantitative estimate of drug-likeness (QED) is 0.408. The van der Waals surface area contributed by atoms with Gasteiger partial charge >= 0.3 is 12.0 Å². The number of allylic oxidation sites excluding steroid dienone is 1. The molecule has 2 N–H and O–H groups in total. The van der Waals surface area contributed by atoms with E-state index in [0.717, 1.165) is 19.3 Å². The van der Waals surface area contributed by atoms with Gasteiger partial charge in [-0.3, -0.25) is 4.79 Å². The van der Waals surface area contributed by atoms with E-state index in [0.29, 0.717) is 19.5 Å². The van der Waals surface area contributed by atoms with Gasteiger partial charge in [-0.1, -0.05) is 11.6 Å². The minimum absolute atomic E-state index is 0.125. The molecule has 0 spiro atoms. The zero-order valence-corrected chi connectivity index (χ0v) is 12.4. The summed E-state index contributed by atoms with van der Waals surface area (Å²) in [5.41, 5.74) is 1.47. The number of methoxy groups -OCH3 is 1. The Morgan fingerprint density at radius 1 is 1.20 bits per heavy atom. The topological polar surface area (TPSA) is 67.4 Å². The third-order valence-corrected chi connectivity index (χ3v) is 3.44. The molecule has 0 aliphatic heterocycles. The van der Waals surface area contributed by atoms with Gasteiger partial charge in [0.25, 0.3) is 0 Å². The Hall–Kier alpha value is -1.52. The molecule has 0 unspecified atom stereocenters. The van der Waals surface area contributed by atoms with Gasteiger partial charge in [-0.2, -0.15) is 0 Å². The summed E-state index contributed by atoms with van der Waals surface area (Å²) >= 11 is 0. The Balaban J connectivity index is 1.95. The molecule has 1 aliphatic rings. The number of esters is 1. The number of carbonyl (C=O) groups is 2. The summed E-state index contributed by atoms with van der Waals surface area (Å²) in [6, 6.07) is -0.125. The van der Waals surface area contributed by atoms with Crippen molar-refractivity contribution >= 4 is 12.0 Å². The Kier molecular flexibility index (Phi) is 8.51. The molecule has 0 atom stereocenters. The van der Waals surface area contributed by atoms with Gasteiger partial charge in [0.05, 0.1) is 7.11 Å². The van der Waals surface area contributed by atoms with E-state index in [1.54, 1.807) is 0 Å². The molecule has 20 heavy (non-hydrogen) atoms. The Labute approximate surface area is 121 Å². The van der Waals surface area contributed by atoms with Gasteiger partial charge in [0.1, 0.15) is 0 Å². The highest BCUT2D eigenvalue weighted by molar-refractivity contribution is 5.73. The first-order valence-corrected chi connectivity index (χ1v) is 7.49. The third kappa shape index (κ3) is 7.81. The van der Waals surface area contributed by atoms with E-state index in [-0.39, 0.29) is 12.0 Å². The van der Waals surface area contributed by atoms with Crippen molar-refractivity contribution in [1.82, 2.24) is 10.6 Å². The second-order valence-electron chi connectivity index (χ2n) is 5.07. The number of unbranched alkanes of at least 4 members (excludes halogenated alkanes) is 1. The van der Waals surface area contributed by atoms with Crippen molar-refractivity contribution in [2.75, 3.05) is 20.2 Å². The molecule has 1 aliphatic carbocycles. The maximum absolute atomic E-state index is 11.5. The molecule has 0 saturated heterocycles. The summed E-state index contributed by atoms with van der Waals surface area (Å²) in [6.07, 6.45) is 10.1. The van der Waals surface area contributed by atoms with Crippen LogP contribution < -0.4 is 10.6 Å². The number of rotatable bonds is 8. The molecule has 0 heterocycles. The molecule has 5 nitrogen and oxygen atoms in total. The highest BCUT2D eigenvalue weighted by Gasteiger charge is 2.05. The number of ether oxygens (including phenoxy) is 1. The van der Waals surface area contributed by atoms with Crippen molar-refractivity contribution < 1.29 is 14.3 Å². The maximum Gasteiger partial charge on any atom is 0.314 e. The van der Waals surface area contributed by atoms with E-state index >= 15 is 0 Å². The first-order valence-electron chi connectivity index (χ1n) is 7.49. The minimum atomic E-state index is -0.199. The zero-order valence-electron chi connectivity index (χ0n) is 12.4. The van der Waals surface area contributed by atoms with Crippen LogP contribution in [0, 0.1) is 0 Å². The lowest BCUT2D eigenvalue weighted by Gasteiger charge is -2.13. The van der Waals surface area contributed by atoms with Gasteiger partial charge in [0.15, 0.2) is 0 Å². The average Bonchev–Trinajstić information content (AvgIpc) is 2.47. The minimum Gasteiger partial charge on any atom is -0.469 e. The van der Waals surface area contributed by atoms with Crippen molar-refractivity contribution in [2.45, 2.75) is 51.4 Å². The number of hydrogen-bond acceptors (Lipinski definition) is 3. The summed E-state index contributed by atoms with van der Waals surface area (Å²) in [5, 5.41) is 5.65. The average molecular weight is 282 g/mol. The van der Waals surface area contributed by atoms with Gasteiger partial charge in [0, 0.05) is 19.5 Å². The Bertz CT molecular complexity index is 340. The number of amides is 2. The van der Waals surface area contributed by atoms with E-state index in [1.807, 2.05) is 0 Å². The van der Waals surface area contributed by atoms with Crippen LogP contribution in [0.3, 0.4) is 0 Å². The normalized spacial score (nSPS) is 14.3. The lowest BCUT2D eigenvalue weighted by Crippen LogP contribution is -2.36. The van der Waals surface area contributed by atoms with Crippen LogP contribution in [-0.2, 0) is 9.53 Å². The van der Waals surface area contributed by atoms with Crippen molar-refractivity contribution in [3.63, 3.8) is 0 Å². The molecule has 0 fully saturated rings. The molecule has 1 rings (SSSR count). The van der Waals surface area contributed by atoms with Crippen LogP contribution >= 0.6 is 0 Å².